The predicted molar refractivity (Wildman–Crippen MR) is 231 cm³/mol. The van der Waals surface area contributed by atoms with Crippen molar-refractivity contribution in [2.24, 2.45) is 15.5 Å². The Hall–Kier alpha value is -7.14. The van der Waals surface area contributed by atoms with Crippen molar-refractivity contribution >= 4 is 106 Å². The van der Waals surface area contributed by atoms with E-state index in [1.807, 2.05) is 0 Å². The number of ether oxygens (including phenoxy) is 3. The molecule has 0 unspecified atom stereocenters. The number of nitrogens with one attached hydrogen (secondary N) is 1. The van der Waals surface area contributed by atoms with E-state index in [1.54, 1.807) is 68.4 Å². The summed E-state index contributed by atoms with van der Waals surface area (Å²) in [5.41, 5.74) is 0.654. The highest BCUT2D eigenvalue weighted by molar-refractivity contribution is 6.43. The first-order chi connectivity index (χ1) is 29.4. The van der Waals surface area contributed by atoms with Crippen LogP contribution >= 0.6 is 0 Å². The van der Waals surface area contributed by atoms with E-state index in [-0.39, 0.29) is 81.3 Å². The summed E-state index contributed by atoms with van der Waals surface area (Å²) in [4.78, 5) is 94.7. The second kappa shape index (κ2) is 17.6. The Morgan fingerprint density at radius 1 is 0.492 bits per heavy atom. The summed E-state index contributed by atoms with van der Waals surface area (Å²) >= 11 is 0. The molecule has 0 fully saturated rings. The van der Waals surface area contributed by atoms with Gasteiger partial charge in [0, 0.05) is 105 Å². The van der Waals surface area contributed by atoms with E-state index in [1.165, 1.54) is 20.8 Å². The lowest BCUT2D eigenvalue weighted by Crippen LogP contribution is -2.13. The Balaban J connectivity index is 1.66. The van der Waals surface area contributed by atoms with Gasteiger partial charge in [0.05, 0.1) is 26.4 Å². The number of nitrogens with zero attached hydrogens (tertiary/aromatic N) is 3. The molecule has 61 heavy (non-hydrogen) atoms. The number of rotatable bonds is 16. The molecule has 0 aliphatic rings. The summed E-state index contributed by atoms with van der Waals surface area (Å²) in [7, 11) is 0. The van der Waals surface area contributed by atoms with E-state index < -0.39 is 34.2 Å². The maximum atomic E-state index is 14.8. The molecule has 0 amide bonds. The van der Waals surface area contributed by atoms with E-state index in [0.29, 0.717) is 56.8 Å². The normalized spacial score (nSPS) is 12.7. The Kier molecular flexibility index (Phi) is 12.1. The lowest BCUT2D eigenvalue weighted by molar-refractivity contribution is -0.141. The fourth-order valence-corrected chi connectivity index (χ4v) is 7.49. The molecule has 0 aromatic heterocycles. The highest BCUT2D eigenvalue weighted by Crippen LogP contribution is 2.43. The van der Waals surface area contributed by atoms with Gasteiger partial charge in [-0.15, -0.1) is 0 Å². The number of carbonyl (C=O) groups excluding carboxylic acids is 3. The van der Waals surface area contributed by atoms with Crippen LogP contribution in [-0.2, 0) is 43.1 Å². The summed E-state index contributed by atoms with van der Waals surface area (Å²) in [6.45, 7) is 7.55. The SMILES string of the molecule is CCOC/C(=N\OC(C)=O)c1ccc2c(=O)c3c(c2c1)c1c(=O)c2ccc(/C(COCC)=N\OC(C)=O)cc2c1c1c(=O)c2ccc(/C(COCC=N)=N\OC(C)=O)cc2c31. The zero-order chi connectivity index (χ0) is 43.5. The molecule has 16 heteroatoms. The van der Waals surface area contributed by atoms with Gasteiger partial charge in [0.25, 0.3) is 0 Å². The molecule has 0 bridgehead atoms. The molecule has 1 N–H and O–H groups in total. The van der Waals surface area contributed by atoms with Crippen molar-refractivity contribution in [3.05, 3.63) is 102 Å². The molecule has 16 nitrogen and oxygen atoms in total. The third kappa shape index (κ3) is 7.86. The number of hydrogen-bond donors (Lipinski definition) is 1. The number of carbonyl (C=O) groups is 3. The average molecular weight is 827 g/mol. The summed E-state index contributed by atoms with van der Waals surface area (Å²) in [6.07, 6.45) is 1.05. The van der Waals surface area contributed by atoms with E-state index in [9.17, 15) is 28.8 Å². The van der Waals surface area contributed by atoms with E-state index in [0.717, 1.165) is 6.21 Å². The molecular formula is C45H38N4O12. The Morgan fingerprint density at radius 3 is 1.08 bits per heavy atom. The first kappa shape index (κ1) is 42.0. The lowest BCUT2D eigenvalue weighted by Gasteiger charge is -2.08. The van der Waals surface area contributed by atoms with Crippen LogP contribution in [0.25, 0.3) is 64.6 Å². The van der Waals surface area contributed by atoms with Gasteiger partial charge in [-0.3, -0.25) is 14.4 Å². The van der Waals surface area contributed by atoms with Crippen LogP contribution in [0.2, 0.25) is 0 Å². The van der Waals surface area contributed by atoms with Gasteiger partial charge < -0.3 is 34.1 Å². The van der Waals surface area contributed by atoms with Gasteiger partial charge in [0.1, 0.15) is 17.1 Å². The average Bonchev–Trinajstić information content (AvgIpc) is 3.81. The Morgan fingerprint density at radius 2 is 0.803 bits per heavy atom. The van der Waals surface area contributed by atoms with Crippen molar-refractivity contribution < 1.29 is 43.1 Å². The summed E-state index contributed by atoms with van der Waals surface area (Å²) in [5.74, 6) is -1.99. The van der Waals surface area contributed by atoms with Crippen LogP contribution in [-0.4, -0.2) is 80.9 Å². The molecule has 7 aromatic rings. The molecule has 0 radical (unpaired) electrons. The molecule has 0 heterocycles. The minimum Gasteiger partial charge on any atom is -0.375 e. The molecule has 310 valence electrons. The summed E-state index contributed by atoms with van der Waals surface area (Å²) in [6, 6.07) is 14.6. The number of oxime groups is 3. The van der Waals surface area contributed by atoms with Gasteiger partial charge in [-0.1, -0.05) is 33.7 Å². The molecule has 0 saturated heterocycles. The van der Waals surface area contributed by atoms with E-state index >= 15 is 0 Å². The number of benzene rings is 4. The van der Waals surface area contributed by atoms with Crippen LogP contribution in [0.1, 0.15) is 51.3 Å². The highest BCUT2D eigenvalue weighted by Gasteiger charge is 2.28. The quantitative estimate of drug-likeness (QED) is 0.0550. The largest absolute Gasteiger partial charge is 0.375 e. The first-order valence-electron chi connectivity index (χ1n) is 19.2. The van der Waals surface area contributed by atoms with Crippen molar-refractivity contribution in [3.8, 4) is 0 Å². The van der Waals surface area contributed by atoms with Crippen LogP contribution < -0.4 is 16.3 Å². The van der Waals surface area contributed by atoms with Crippen LogP contribution in [0.15, 0.2) is 84.4 Å². The van der Waals surface area contributed by atoms with Crippen LogP contribution in [0.4, 0.5) is 0 Å². The standard InChI is InChI=1S/C45H38N4O12/c1-6-56-19-34(47-59-22(3)50)25-8-11-28-31(16-25)38-40(43(28)53)37-32-17-26(35(20-57-7-2)48-60-23(4)51)9-12-29(32)44(54)41(37)39-33-18-27(10-13-30(33)45(55)42(38)39)36(21-58-15-14-46)49-61-24(5)52/h8-14,16-18,46H,6-7,15,19-21H2,1-5H3/b46-14?,47-34-,48-35+,49-36-. The smallest absolute Gasteiger partial charge is 0.331 e. The third-order valence-corrected chi connectivity index (χ3v) is 9.96. The minimum absolute atomic E-state index is 0.0385. The second-order valence-electron chi connectivity index (χ2n) is 13.9. The second-order valence-corrected chi connectivity index (χ2v) is 13.9. The zero-order valence-electron chi connectivity index (χ0n) is 33.8. The molecule has 0 spiro atoms. The van der Waals surface area contributed by atoms with E-state index in [2.05, 4.69) is 15.5 Å². The third-order valence-electron chi connectivity index (χ3n) is 9.96. The maximum Gasteiger partial charge on any atom is 0.331 e. The van der Waals surface area contributed by atoms with Crippen LogP contribution in [0.5, 0.6) is 0 Å². The monoisotopic (exact) mass is 826 g/mol. The van der Waals surface area contributed by atoms with Gasteiger partial charge in [-0.2, -0.15) is 0 Å². The molecule has 7 rings (SSSR count). The van der Waals surface area contributed by atoms with E-state index in [4.69, 9.17) is 34.1 Å². The summed E-state index contributed by atoms with van der Waals surface area (Å²) in [5, 5.41) is 22.5. The zero-order valence-corrected chi connectivity index (χ0v) is 33.8. The molecular weight excluding hydrogens is 789 g/mol. The van der Waals surface area contributed by atoms with Gasteiger partial charge in [0.15, 0.2) is 16.3 Å². The van der Waals surface area contributed by atoms with Crippen LogP contribution in [0.3, 0.4) is 0 Å². The summed E-state index contributed by atoms with van der Waals surface area (Å²) < 4.78 is 16.8. The highest BCUT2D eigenvalue weighted by atomic mass is 16.7. The molecule has 7 aromatic carbocycles. The van der Waals surface area contributed by atoms with Crippen molar-refractivity contribution in [1.29, 1.82) is 5.41 Å². The van der Waals surface area contributed by atoms with Crippen molar-refractivity contribution in [3.63, 3.8) is 0 Å². The van der Waals surface area contributed by atoms with Crippen molar-refractivity contribution in [1.82, 2.24) is 0 Å². The molecule has 0 saturated carbocycles. The molecule has 0 aliphatic heterocycles. The molecule has 0 atom stereocenters. The Bertz CT molecular complexity index is 3120. The van der Waals surface area contributed by atoms with Crippen LogP contribution in [0, 0.1) is 5.41 Å². The lowest BCUT2D eigenvalue weighted by atomic mass is 9.97. The van der Waals surface area contributed by atoms with Crippen molar-refractivity contribution in [2.75, 3.05) is 39.6 Å². The number of fused-ring (bicyclic) bond motifs is 12. The maximum absolute atomic E-state index is 14.8. The first-order valence-corrected chi connectivity index (χ1v) is 19.2. The fourth-order valence-electron chi connectivity index (χ4n) is 7.49. The Labute approximate surface area is 345 Å². The van der Waals surface area contributed by atoms with Gasteiger partial charge in [-0.05, 0) is 66.4 Å². The topological polar surface area (TPSA) is 219 Å². The number of hydrogen-bond acceptors (Lipinski definition) is 16. The van der Waals surface area contributed by atoms with Crippen molar-refractivity contribution in [2.45, 2.75) is 34.6 Å². The minimum atomic E-state index is -0.685. The van der Waals surface area contributed by atoms with Gasteiger partial charge in [-0.25, -0.2) is 14.4 Å². The van der Waals surface area contributed by atoms with Gasteiger partial charge >= 0.3 is 17.9 Å². The molecule has 0 aliphatic carbocycles. The predicted octanol–water partition coefficient (Wildman–Crippen LogP) is 5.54. The fraction of sp³-hybridized carbons (Fsp3) is 0.244. The van der Waals surface area contributed by atoms with Gasteiger partial charge in [0.2, 0.25) is 0 Å².